The predicted octanol–water partition coefficient (Wildman–Crippen LogP) is 1.82. The van der Waals surface area contributed by atoms with Crippen LogP contribution in [0.4, 0.5) is 0 Å². The molecule has 6 rings (SSSR count). The molecule has 4 aliphatic rings. The quantitative estimate of drug-likeness (QED) is 0.337. The highest BCUT2D eigenvalue weighted by molar-refractivity contribution is 6.24. The minimum atomic E-state index is -2.66. The van der Waals surface area contributed by atoms with Gasteiger partial charge in [0.2, 0.25) is 5.78 Å². The highest BCUT2D eigenvalue weighted by atomic mass is 16.4. The number of phenolic OH excluding ortho intramolecular Hbond substituents is 1. The van der Waals surface area contributed by atoms with E-state index in [-0.39, 0.29) is 29.7 Å². The lowest BCUT2D eigenvalue weighted by Crippen LogP contribution is -2.65. The Balaban J connectivity index is 1.46. The number of ketones is 2. The molecular formula is C30H33N3O8. The number of furan rings is 1. The summed E-state index contributed by atoms with van der Waals surface area (Å²) in [6.07, 6.45) is 2.53. The summed E-state index contributed by atoms with van der Waals surface area (Å²) >= 11 is 0. The number of Topliss-reactive ketones (excluding diaryl/α,β-unsaturated/α-hetero) is 2. The number of likely N-dealkylation sites (N-methyl/N-ethyl adjacent to an activating group) is 1. The summed E-state index contributed by atoms with van der Waals surface area (Å²) in [5, 5.41) is 45.0. The Bertz CT molecular complexity index is 1550. The van der Waals surface area contributed by atoms with E-state index in [0.717, 1.165) is 31.7 Å². The molecular weight excluding hydrogens is 530 g/mol. The average molecular weight is 564 g/mol. The molecule has 1 aromatic heterocycles. The van der Waals surface area contributed by atoms with Gasteiger partial charge in [-0.25, -0.2) is 0 Å². The van der Waals surface area contributed by atoms with E-state index in [9.17, 15) is 34.8 Å². The van der Waals surface area contributed by atoms with Crippen molar-refractivity contribution in [1.82, 2.24) is 9.80 Å². The van der Waals surface area contributed by atoms with E-state index < -0.39 is 58.0 Å². The molecule has 1 saturated carbocycles. The van der Waals surface area contributed by atoms with Crippen LogP contribution in [0, 0.1) is 11.8 Å². The number of rotatable bonds is 5. The van der Waals surface area contributed by atoms with Gasteiger partial charge < -0.3 is 30.6 Å². The van der Waals surface area contributed by atoms with Gasteiger partial charge in [-0.3, -0.25) is 24.2 Å². The average Bonchev–Trinajstić information content (AvgIpc) is 3.59. The van der Waals surface area contributed by atoms with Gasteiger partial charge in [-0.05, 0) is 88.6 Å². The summed E-state index contributed by atoms with van der Waals surface area (Å²) in [7, 11) is 3.14. The van der Waals surface area contributed by atoms with E-state index in [1.807, 2.05) is 12.1 Å². The number of hydrogen-bond donors (Lipinski definition) is 5. The molecule has 1 aromatic carbocycles. The second-order valence-electron chi connectivity index (χ2n) is 11.7. The Hall–Kier alpha value is -3.93. The Morgan fingerprint density at radius 2 is 1.83 bits per heavy atom. The van der Waals surface area contributed by atoms with Crippen molar-refractivity contribution < 1.29 is 39.2 Å². The maximum atomic E-state index is 14.0. The molecule has 2 heterocycles. The van der Waals surface area contributed by atoms with Gasteiger partial charge in [-0.1, -0.05) is 0 Å². The van der Waals surface area contributed by atoms with Crippen molar-refractivity contribution in [3.63, 3.8) is 0 Å². The maximum absolute atomic E-state index is 14.0. The fraction of sp³-hybridized carbons (Fsp3) is 0.433. The second-order valence-corrected chi connectivity index (χ2v) is 11.7. The third-order valence-electron chi connectivity index (χ3n) is 9.11. The standard InChI is InChI=1S/C30H33N3O8/c1-32(2)24-18-12-14-11-17-16(20-8-5-15(41-20)13-33-9-3-4-10-33)6-7-19(34)22(17)25(35)21(14)27(37)30(18,40)28(38)23(26(24)36)29(31)39/h5-8,14,18,24,34-35,38,40H,3-4,9-13H2,1-2H3,(H2,31,39)/t14-,18+,24-,30-/m0/s1. The summed E-state index contributed by atoms with van der Waals surface area (Å²) in [5.74, 6) is -5.41. The van der Waals surface area contributed by atoms with Crippen LogP contribution in [0.2, 0.25) is 0 Å². The Morgan fingerprint density at radius 1 is 1.12 bits per heavy atom. The Kier molecular flexibility index (Phi) is 6.36. The number of carbonyl (C=O) groups excluding carboxylic acids is 3. The number of fused-ring (bicyclic) bond motifs is 3. The molecule has 1 saturated heterocycles. The molecule has 2 fully saturated rings. The third kappa shape index (κ3) is 3.94. The molecule has 0 bridgehead atoms. The van der Waals surface area contributed by atoms with E-state index in [4.69, 9.17) is 10.2 Å². The van der Waals surface area contributed by atoms with Crippen LogP contribution in [0.1, 0.15) is 36.1 Å². The van der Waals surface area contributed by atoms with Crippen LogP contribution in [-0.2, 0) is 27.3 Å². The number of aromatic hydroxyl groups is 1. The topological polar surface area (TPSA) is 178 Å². The number of primary amides is 1. The molecule has 0 radical (unpaired) electrons. The third-order valence-corrected chi connectivity index (χ3v) is 9.11. The van der Waals surface area contributed by atoms with Gasteiger partial charge in [0.05, 0.1) is 18.2 Å². The van der Waals surface area contributed by atoms with Crippen molar-refractivity contribution >= 4 is 23.2 Å². The number of aliphatic hydroxyl groups is 3. The maximum Gasteiger partial charge on any atom is 0.255 e. The van der Waals surface area contributed by atoms with Gasteiger partial charge >= 0.3 is 0 Å². The summed E-state index contributed by atoms with van der Waals surface area (Å²) in [4.78, 5) is 43.2. The SMILES string of the molecule is CN(C)[C@@H]1C(=O)C(C(N)=O)=C(O)[C@@]2(O)C(=O)C3=C(O)c4c(O)ccc(-c5ccc(CN6CCCC6)o5)c4C[C@H]3C[C@H]12. The molecule has 2 aromatic rings. The molecule has 41 heavy (non-hydrogen) atoms. The van der Waals surface area contributed by atoms with E-state index in [1.54, 1.807) is 20.2 Å². The van der Waals surface area contributed by atoms with Gasteiger partial charge in [0.15, 0.2) is 11.4 Å². The van der Waals surface area contributed by atoms with E-state index in [1.165, 1.54) is 11.0 Å². The van der Waals surface area contributed by atoms with Crippen LogP contribution in [0.15, 0.2) is 45.6 Å². The Labute approximate surface area is 236 Å². The molecule has 0 spiro atoms. The van der Waals surface area contributed by atoms with Crippen LogP contribution < -0.4 is 5.73 Å². The number of carbonyl (C=O) groups is 3. The number of amides is 1. The van der Waals surface area contributed by atoms with Crippen molar-refractivity contribution in [3.8, 4) is 17.1 Å². The summed E-state index contributed by atoms with van der Waals surface area (Å²) in [5.41, 5.74) is 2.95. The van der Waals surface area contributed by atoms with Crippen molar-refractivity contribution in [3.05, 3.63) is 58.1 Å². The molecule has 11 heteroatoms. The molecule has 216 valence electrons. The molecule has 1 aliphatic heterocycles. The molecule has 1 amide bonds. The van der Waals surface area contributed by atoms with E-state index >= 15 is 0 Å². The molecule has 0 unspecified atom stereocenters. The first-order chi connectivity index (χ1) is 19.4. The number of benzene rings is 1. The zero-order valence-electron chi connectivity index (χ0n) is 22.9. The first-order valence-electron chi connectivity index (χ1n) is 13.8. The number of hydrogen-bond acceptors (Lipinski definition) is 10. The zero-order chi connectivity index (χ0) is 29.4. The lowest BCUT2D eigenvalue weighted by atomic mass is 9.57. The molecule has 4 atom stereocenters. The first kappa shape index (κ1) is 27.3. The second kappa shape index (κ2) is 9.57. The Morgan fingerprint density at radius 3 is 2.49 bits per heavy atom. The lowest BCUT2D eigenvalue weighted by molar-refractivity contribution is -0.153. The number of aliphatic hydroxyl groups excluding tert-OH is 2. The number of phenols is 1. The van der Waals surface area contributed by atoms with Gasteiger partial charge in [-0.15, -0.1) is 0 Å². The monoisotopic (exact) mass is 563 g/mol. The zero-order valence-corrected chi connectivity index (χ0v) is 22.9. The fourth-order valence-electron chi connectivity index (χ4n) is 7.24. The molecule has 6 N–H and O–H groups in total. The van der Waals surface area contributed by atoms with Gasteiger partial charge in [0.25, 0.3) is 5.91 Å². The van der Waals surface area contributed by atoms with Crippen LogP contribution in [-0.4, -0.2) is 86.5 Å². The first-order valence-corrected chi connectivity index (χ1v) is 13.8. The van der Waals surface area contributed by atoms with Gasteiger partial charge in [0.1, 0.15) is 34.4 Å². The fourth-order valence-corrected chi connectivity index (χ4v) is 7.24. The van der Waals surface area contributed by atoms with E-state index in [0.29, 0.717) is 23.4 Å². The smallest absolute Gasteiger partial charge is 0.255 e. The highest BCUT2D eigenvalue weighted by Crippen LogP contribution is 2.53. The van der Waals surface area contributed by atoms with Crippen LogP contribution >= 0.6 is 0 Å². The predicted molar refractivity (Wildman–Crippen MR) is 146 cm³/mol. The van der Waals surface area contributed by atoms with Gasteiger partial charge in [0, 0.05) is 17.1 Å². The molecule has 3 aliphatic carbocycles. The van der Waals surface area contributed by atoms with Gasteiger partial charge in [-0.2, -0.15) is 0 Å². The summed E-state index contributed by atoms with van der Waals surface area (Å²) < 4.78 is 6.18. The van der Waals surface area contributed by atoms with Crippen molar-refractivity contribution in [2.24, 2.45) is 17.6 Å². The van der Waals surface area contributed by atoms with Crippen molar-refractivity contribution in [2.45, 2.75) is 43.9 Å². The lowest BCUT2D eigenvalue weighted by Gasteiger charge is -2.50. The number of nitrogens with zero attached hydrogens (tertiary/aromatic N) is 2. The van der Waals surface area contributed by atoms with Crippen molar-refractivity contribution in [1.29, 1.82) is 0 Å². The largest absolute Gasteiger partial charge is 0.508 e. The summed E-state index contributed by atoms with van der Waals surface area (Å²) in [6, 6.07) is 5.72. The number of nitrogens with two attached hydrogens (primary N) is 1. The normalized spacial score (nSPS) is 28.2. The number of likely N-dealkylation sites (tertiary alicyclic amines) is 1. The minimum Gasteiger partial charge on any atom is -0.508 e. The summed E-state index contributed by atoms with van der Waals surface area (Å²) in [6.45, 7) is 2.70. The van der Waals surface area contributed by atoms with Crippen LogP contribution in [0.3, 0.4) is 0 Å². The van der Waals surface area contributed by atoms with Crippen LogP contribution in [0.5, 0.6) is 5.75 Å². The van der Waals surface area contributed by atoms with Crippen LogP contribution in [0.25, 0.3) is 17.1 Å². The minimum absolute atomic E-state index is 0.0270. The highest BCUT2D eigenvalue weighted by Gasteiger charge is 2.64. The molecule has 11 nitrogen and oxygen atoms in total. The van der Waals surface area contributed by atoms with E-state index in [2.05, 4.69) is 4.90 Å². The van der Waals surface area contributed by atoms with Crippen molar-refractivity contribution in [2.75, 3.05) is 27.2 Å².